The molecule has 0 saturated heterocycles. The Morgan fingerprint density at radius 3 is 2.24 bits per heavy atom. The average Bonchev–Trinajstić information content (AvgIpc) is 2.26. The van der Waals surface area contributed by atoms with Gasteiger partial charge in [-0.15, -0.1) is 0 Å². The lowest BCUT2D eigenvalue weighted by Crippen LogP contribution is -2.25. The molecule has 0 aliphatic heterocycles. The van der Waals surface area contributed by atoms with Crippen molar-refractivity contribution in [3.05, 3.63) is 35.4 Å². The van der Waals surface area contributed by atoms with Gasteiger partial charge < -0.3 is 9.84 Å². The number of rotatable bonds is 4. The van der Waals surface area contributed by atoms with Crippen LogP contribution >= 0.6 is 0 Å². The maximum absolute atomic E-state index is 13.4. The minimum atomic E-state index is -1.37. The zero-order valence-electron chi connectivity index (χ0n) is 9.52. The minimum Gasteiger partial charge on any atom is -0.391 e. The fraction of sp³-hybridized carbons (Fsp3) is 0.417. The lowest BCUT2D eigenvalue weighted by Gasteiger charge is -2.20. The third-order valence-corrected chi connectivity index (χ3v) is 2.41. The molecule has 0 aromatic heterocycles. The Bertz CT molecular complexity index is 409. The highest BCUT2D eigenvalue weighted by atomic mass is 19.1. The molecule has 92 valence electrons. The van der Waals surface area contributed by atoms with Crippen LogP contribution in [0.4, 0.5) is 8.78 Å². The zero-order valence-corrected chi connectivity index (χ0v) is 9.52. The summed E-state index contributed by atoms with van der Waals surface area (Å²) in [5, 5.41) is 18.1. The first kappa shape index (κ1) is 13.6. The van der Waals surface area contributed by atoms with E-state index >= 15 is 0 Å². The summed E-state index contributed by atoms with van der Waals surface area (Å²) in [6.07, 6.45) is -2.90. The summed E-state index contributed by atoms with van der Waals surface area (Å²) in [7, 11) is 0. The van der Waals surface area contributed by atoms with Crippen LogP contribution in [0.25, 0.3) is 0 Å². The molecule has 3 nitrogen and oxygen atoms in total. The molecule has 1 N–H and O–H groups in total. The molecule has 0 aliphatic rings. The first-order chi connectivity index (χ1) is 7.97. The van der Waals surface area contributed by atoms with Crippen LogP contribution in [-0.2, 0) is 4.74 Å². The van der Waals surface area contributed by atoms with Gasteiger partial charge in [-0.1, -0.05) is 6.07 Å². The molecule has 1 aromatic carbocycles. The molecule has 1 aromatic rings. The van der Waals surface area contributed by atoms with Crippen LogP contribution in [0.5, 0.6) is 0 Å². The first-order valence-electron chi connectivity index (χ1n) is 5.14. The number of halogens is 2. The van der Waals surface area contributed by atoms with E-state index in [2.05, 4.69) is 0 Å². The van der Waals surface area contributed by atoms with Crippen LogP contribution in [-0.4, -0.2) is 17.3 Å². The summed E-state index contributed by atoms with van der Waals surface area (Å²) in [6.45, 7) is 2.99. The van der Waals surface area contributed by atoms with Crippen molar-refractivity contribution in [3.8, 4) is 6.07 Å². The zero-order chi connectivity index (χ0) is 13.0. The number of nitriles is 1. The number of hydrogen-bond acceptors (Lipinski definition) is 3. The van der Waals surface area contributed by atoms with Gasteiger partial charge in [0.1, 0.15) is 11.6 Å². The molecular weight excluding hydrogens is 228 g/mol. The molecule has 3 unspecified atom stereocenters. The minimum absolute atomic E-state index is 0.428. The van der Waals surface area contributed by atoms with E-state index in [-0.39, 0.29) is 0 Å². The molecule has 0 heterocycles. The quantitative estimate of drug-likeness (QED) is 0.880. The van der Waals surface area contributed by atoms with Crippen LogP contribution in [0, 0.1) is 23.0 Å². The van der Waals surface area contributed by atoms with Gasteiger partial charge >= 0.3 is 0 Å². The van der Waals surface area contributed by atoms with E-state index in [1.54, 1.807) is 6.07 Å². The van der Waals surface area contributed by atoms with Crippen LogP contribution in [0.1, 0.15) is 25.5 Å². The van der Waals surface area contributed by atoms with Gasteiger partial charge in [-0.05, 0) is 26.0 Å². The highest BCUT2D eigenvalue weighted by Crippen LogP contribution is 2.25. The van der Waals surface area contributed by atoms with Gasteiger partial charge in [0, 0.05) is 0 Å². The SMILES string of the molecule is CC(O)C(C)OC(C#N)c1c(F)cccc1F. The Kier molecular flexibility index (Phi) is 4.55. The Morgan fingerprint density at radius 1 is 1.29 bits per heavy atom. The molecule has 0 radical (unpaired) electrons. The third kappa shape index (κ3) is 3.22. The molecule has 0 amide bonds. The van der Waals surface area contributed by atoms with Gasteiger partial charge in [0.05, 0.1) is 23.8 Å². The summed E-state index contributed by atoms with van der Waals surface area (Å²) < 4.78 is 31.9. The van der Waals surface area contributed by atoms with E-state index in [4.69, 9.17) is 10.00 Å². The van der Waals surface area contributed by atoms with Crippen molar-refractivity contribution in [2.24, 2.45) is 0 Å². The largest absolute Gasteiger partial charge is 0.391 e. The van der Waals surface area contributed by atoms with Crippen molar-refractivity contribution in [3.63, 3.8) is 0 Å². The van der Waals surface area contributed by atoms with Gasteiger partial charge in [0.25, 0.3) is 0 Å². The lowest BCUT2D eigenvalue weighted by atomic mass is 10.1. The van der Waals surface area contributed by atoms with Crippen molar-refractivity contribution in [1.82, 2.24) is 0 Å². The number of ether oxygens (including phenoxy) is 1. The number of aliphatic hydroxyl groups excluding tert-OH is 1. The van der Waals surface area contributed by atoms with Gasteiger partial charge in [-0.2, -0.15) is 5.26 Å². The number of hydrogen-bond donors (Lipinski definition) is 1. The maximum Gasteiger partial charge on any atom is 0.175 e. The molecule has 0 spiro atoms. The number of benzene rings is 1. The van der Waals surface area contributed by atoms with E-state index in [9.17, 15) is 13.9 Å². The van der Waals surface area contributed by atoms with E-state index in [0.717, 1.165) is 12.1 Å². The maximum atomic E-state index is 13.4. The Balaban J connectivity index is 2.99. The average molecular weight is 241 g/mol. The second kappa shape index (κ2) is 5.71. The predicted molar refractivity (Wildman–Crippen MR) is 56.9 cm³/mol. The van der Waals surface area contributed by atoms with Crippen LogP contribution in [0.3, 0.4) is 0 Å². The lowest BCUT2D eigenvalue weighted by molar-refractivity contribution is -0.0445. The molecule has 3 atom stereocenters. The van der Waals surface area contributed by atoms with Gasteiger partial charge in [-0.3, -0.25) is 0 Å². The summed E-state index contributed by atoms with van der Waals surface area (Å²) in [5.74, 6) is -1.68. The highest BCUT2D eigenvalue weighted by molar-refractivity contribution is 5.26. The van der Waals surface area contributed by atoms with E-state index in [1.165, 1.54) is 19.9 Å². The molecule has 17 heavy (non-hydrogen) atoms. The van der Waals surface area contributed by atoms with Gasteiger partial charge in [-0.25, -0.2) is 8.78 Å². The van der Waals surface area contributed by atoms with Crippen molar-refractivity contribution in [1.29, 1.82) is 5.26 Å². The molecule has 5 heteroatoms. The highest BCUT2D eigenvalue weighted by Gasteiger charge is 2.24. The van der Waals surface area contributed by atoms with Crippen LogP contribution in [0.15, 0.2) is 18.2 Å². The standard InChI is InChI=1S/C12H13F2NO2/c1-7(16)8(2)17-11(6-15)12-9(13)4-3-5-10(12)14/h3-5,7-8,11,16H,1-2H3. The smallest absolute Gasteiger partial charge is 0.175 e. The summed E-state index contributed by atoms with van der Waals surface area (Å²) in [5.41, 5.74) is -0.428. The van der Waals surface area contributed by atoms with Crippen molar-refractivity contribution in [2.45, 2.75) is 32.2 Å². The second-order valence-electron chi connectivity index (χ2n) is 3.73. The monoisotopic (exact) mass is 241 g/mol. The molecule has 0 aliphatic carbocycles. The van der Waals surface area contributed by atoms with Crippen LogP contribution < -0.4 is 0 Å². The Labute approximate surface area is 98.3 Å². The van der Waals surface area contributed by atoms with E-state index < -0.39 is 35.5 Å². The summed E-state index contributed by atoms with van der Waals surface area (Å²) in [4.78, 5) is 0. The van der Waals surface area contributed by atoms with E-state index in [0.29, 0.717) is 0 Å². The fourth-order valence-corrected chi connectivity index (χ4v) is 1.25. The van der Waals surface area contributed by atoms with Crippen molar-refractivity contribution in [2.75, 3.05) is 0 Å². The summed E-state index contributed by atoms with van der Waals surface area (Å²) >= 11 is 0. The predicted octanol–water partition coefficient (Wildman–Crippen LogP) is 2.32. The normalized spacial score (nSPS) is 16.0. The molecular formula is C12H13F2NO2. The van der Waals surface area contributed by atoms with Crippen LogP contribution in [0.2, 0.25) is 0 Å². The number of aliphatic hydroxyl groups is 1. The molecule has 1 rings (SSSR count). The van der Waals surface area contributed by atoms with Crippen molar-refractivity contribution < 1.29 is 18.6 Å². The first-order valence-corrected chi connectivity index (χ1v) is 5.14. The number of nitrogens with zero attached hydrogens (tertiary/aromatic N) is 1. The molecule has 0 fully saturated rings. The summed E-state index contributed by atoms with van der Waals surface area (Å²) in [6, 6.07) is 4.99. The van der Waals surface area contributed by atoms with E-state index in [1.807, 2.05) is 0 Å². The fourth-order valence-electron chi connectivity index (χ4n) is 1.25. The van der Waals surface area contributed by atoms with Gasteiger partial charge in [0.2, 0.25) is 0 Å². The van der Waals surface area contributed by atoms with Crippen molar-refractivity contribution >= 4 is 0 Å². The van der Waals surface area contributed by atoms with Gasteiger partial charge in [0.15, 0.2) is 6.10 Å². The molecule has 0 saturated carbocycles. The Morgan fingerprint density at radius 2 is 1.82 bits per heavy atom. The third-order valence-electron chi connectivity index (χ3n) is 2.41. The Hall–Kier alpha value is -1.51. The topological polar surface area (TPSA) is 53.2 Å². The second-order valence-corrected chi connectivity index (χ2v) is 3.73. The molecule has 0 bridgehead atoms.